The lowest BCUT2D eigenvalue weighted by Crippen LogP contribution is -2.04. The summed E-state index contributed by atoms with van der Waals surface area (Å²) in [5, 5.41) is 0. The summed E-state index contributed by atoms with van der Waals surface area (Å²) in [5.41, 5.74) is 2.53. The Balaban J connectivity index is 2.22. The van der Waals surface area contributed by atoms with Gasteiger partial charge in [-0.25, -0.2) is 4.39 Å². The number of carbonyl (C=O) groups is 1. The number of hydrogen-bond donors (Lipinski definition) is 0. The SMILES string of the molecule is CC(=O)c1ccccc1COc1ccc(C)c(F)c1C. The minimum atomic E-state index is -0.248. The van der Waals surface area contributed by atoms with Crippen LogP contribution in [0.15, 0.2) is 36.4 Å². The minimum Gasteiger partial charge on any atom is -0.489 e. The normalized spacial score (nSPS) is 10.4. The van der Waals surface area contributed by atoms with Crippen LogP contribution in [0.4, 0.5) is 4.39 Å². The van der Waals surface area contributed by atoms with Crippen molar-refractivity contribution in [2.24, 2.45) is 0 Å². The fourth-order valence-corrected chi connectivity index (χ4v) is 2.10. The molecule has 0 amide bonds. The molecule has 0 saturated heterocycles. The van der Waals surface area contributed by atoms with Crippen molar-refractivity contribution in [1.29, 1.82) is 0 Å². The zero-order chi connectivity index (χ0) is 14.7. The van der Waals surface area contributed by atoms with Crippen molar-refractivity contribution >= 4 is 5.78 Å². The Morgan fingerprint density at radius 1 is 1.15 bits per heavy atom. The average Bonchev–Trinajstić information content (AvgIpc) is 2.44. The molecule has 104 valence electrons. The number of carbonyl (C=O) groups excluding carboxylic acids is 1. The van der Waals surface area contributed by atoms with E-state index < -0.39 is 0 Å². The second-order valence-electron chi connectivity index (χ2n) is 4.82. The van der Waals surface area contributed by atoms with Crippen LogP contribution in [0.1, 0.15) is 34.0 Å². The predicted octanol–water partition coefficient (Wildman–Crippen LogP) is 4.22. The molecular formula is C17H17FO2. The van der Waals surface area contributed by atoms with E-state index in [1.807, 2.05) is 18.2 Å². The summed E-state index contributed by atoms with van der Waals surface area (Å²) in [5.74, 6) is 0.254. The maximum atomic E-state index is 13.8. The zero-order valence-corrected chi connectivity index (χ0v) is 11.9. The Kier molecular flexibility index (Phi) is 4.18. The van der Waals surface area contributed by atoms with Crippen molar-refractivity contribution < 1.29 is 13.9 Å². The maximum absolute atomic E-state index is 13.8. The zero-order valence-electron chi connectivity index (χ0n) is 11.9. The molecule has 0 fully saturated rings. The van der Waals surface area contributed by atoms with Crippen molar-refractivity contribution in [2.75, 3.05) is 0 Å². The van der Waals surface area contributed by atoms with Gasteiger partial charge in [-0.05, 0) is 32.4 Å². The van der Waals surface area contributed by atoms with Crippen molar-refractivity contribution in [3.05, 3.63) is 64.5 Å². The highest BCUT2D eigenvalue weighted by molar-refractivity contribution is 5.95. The fraction of sp³-hybridized carbons (Fsp3) is 0.235. The summed E-state index contributed by atoms with van der Waals surface area (Å²) in [7, 11) is 0. The van der Waals surface area contributed by atoms with E-state index in [0.717, 1.165) is 5.56 Å². The lowest BCUT2D eigenvalue weighted by molar-refractivity contribution is 0.101. The molecule has 0 unspecified atom stereocenters. The van der Waals surface area contributed by atoms with Crippen LogP contribution < -0.4 is 4.74 Å². The first-order valence-electron chi connectivity index (χ1n) is 6.48. The van der Waals surface area contributed by atoms with Crippen molar-refractivity contribution in [3.8, 4) is 5.75 Å². The van der Waals surface area contributed by atoms with E-state index in [2.05, 4.69) is 0 Å². The lowest BCUT2D eigenvalue weighted by Gasteiger charge is -2.12. The second kappa shape index (κ2) is 5.87. The van der Waals surface area contributed by atoms with E-state index in [9.17, 15) is 9.18 Å². The van der Waals surface area contributed by atoms with Crippen LogP contribution in [0.2, 0.25) is 0 Å². The summed E-state index contributed by atoms with van der Waals surface area (Å²) < 4.78 is 19.4. The minimum absolute atomic E-state index is 0.00370. The van der Waals surface area contributed by atoms with Gasteiger partial charge in [-0.1, -0.05) is 30.3 Å². The third-order valence-electron chi connectivity index (χ3n) is 3.31. The molecule has 0 aliphatic heterocycles. The summed E-state index contributed by atoms with van der Waals surface area (Å²) in [6.07, 6.45) is 0. The van der Waals surface area contributed by atoms with Gasteiger partial charge in [-0.3, -0.25) is 4.79 Å². The molecule has 0 atom stereocenters. The van der Waals surface area contributed by atoms with Gasteiger partial charge in [0.2, 0.25) is 0 Å². The molecule has 2 aromatic carbocycles. The van der Waals surface area contributed by atoms with Gasteiger partial charge in [0.25, 0.3) is 0 Å². The number of ketones is 1. The van der Waals surface area contributed by atoms with Gasteiger partial charge in [0, 0.05) is 16.7 Å². The fourth-order valence-electron chi connectivity index (χ4n) is 2.10. The van der Waals surface area contributed by atoms with Crippen LogP contribution in [0.3, 0.4) is 0 Å². The Morgan fingerprint density at radius 2 is 1.85 bits per heavy atom. The first kappa shape index (κ1) is 14.3. The number of Topliss-reactive ketones (excluding diaryl/α,β-unsaturated/α-hetero) is 1. The predicted molar refractivity (Wildman–Crippen MR) is 76.7 cm³/mol. The molecule has 0 aromatic heterocycles. The highest BCUT2D eigenvalue weighted by atomic mass is 19.1. The smallest absolute Gasteiger partial charge is 0.160 e. The molecule has 0 heterocycles. The van der Waals surface area contributed by atoms with Gasteiger partial charge >= 0.3 is 0 Å². The van der Waals surface area contributed by atoms with Gasteiger partial charge in [-0.15, -0.1) is 0 Å². The Hall–Kier alpha value is -2.16. The molecule has 0 spiro atoms. The topological polar surface area (TPSA) is 26.3 Å². The lowest BCUT2D eigenvalue weighted by atomic mass is 10.1. The van der Waals surface area contributed by atoms with Crippen molar-refractivity contribution in [3.63, 3.8) is 0 Å². The molecule has 0 aliphatic carbocycles. The highest BCUT2D eigenvalue weighted by Crippen LogP contribution is 2.24. The van der Waals surface area contributed by atoms with Crippen molar-refractivity contribution in [1.82, 2.24) is 0 Å². The number of halogens is 1. The molecule has 0 bridgehead atoms. The molecule has 2 rings (SSSR count). The van der Waals surface area contributed by atoms with E-state index in [0.29, 0.717) is 22.4 Å². The second-order valence-corrected chi connectivity index (χ2v) is 4.82. The molecule has 3 heteroatoms. The van der Waals surface area contributed by atoms with Crippen LogP contribution in [0.5, 0.6) is 5.75 Å². The largest absolute Gasteiger partial charge is 0.489 e. The molecule has 0 aliphatic rings. The van der Waals surface area contributed by atoms with Crippen LogP contribution in [0.25, 0.3) is 0 Å². The summed E-state index contributed by atoms with van der Waals surface area (Å²) in [6.45, 7) is 5.18. The Bertz CT molecular complexity index is 647. The molecular weight excluding hydrogens is 255 g/mol. The van der Waals surface area contributed by atoms with Crippen LogP contribution in [-0.4, -0.2) is 5.78 Å². The molecule has 0 saturated carbocycles. The molecule has 2 aromatic rings. The highest BCUT2D eigenvalue weighted by Gasteiger charge is 2.10. The Morgan fingerprint density at radius 3 is 2.55 bits per heavy atom. The molecule has 0 N–H and O–H groups in total. The molecule has 0 radical (unpaired) electrons. The summed E-state index contributed by atoms with van der Waals surface area (Å²) in [4.78, 5) is 11.5. The van der Waals surface area contributed by atoms with Crippen LogP contribution >= 0.6 is 0 Å². The molecule has 20 heavy (non-hydrogen) atoms. The van der Waals surface area contributed by atoms with E-state index >= 15 is 0 Å². The van der Waals surface area contributed by atoms with Gasteiger partial charge in [0.15, 0.2) is 5.78 Å². The van der Waals surface area contributed by atoms with Gasteiger partial charge < -0.3 is 4.74 Å². The van der Waals surface area contributed by atoms with E-state index in [4.69, 9.17) is 4.74 Å². The van der Waals surface area contributed by atoms with Crippen LogP contribution in [-0.2, 0) is 6.61 Å². The van der Waals surface area contributed by atoms with E-state index in [-0.39, 0.29) is 18.2 Å². The first-order valence-corrected chi connectivity index (χ1v) is 6.48. The maximum Gasteiger partial charge on any atom is 0.160 e. The monoisotopic (exact) mass is 272 g/mol. The Labute approximate surface area is 118 Å². The number of hydrogen-bond acceptors (Lipinski definition) is 2. The average molecular weight is 272 g/mol. The number of ether oxygens (including phenoxy) is 1. The van der Waals surface area contributed by atoms with Gasteiger partial charge in [0.05, 0.1) is 0 Å². The number of benzene rings is 2. The number of aryl methyl sites for hydroxylation is 1. The third-order valence-corrected chi connectivity index (χ3v) is 3.31. The van der Waals surface area contributed by atoms with Crippen molar-refractivity contribution in [2.45, 2.75) is 27.4 Å². The third kappa shape index (κ3) is 2.87. The van der Waals surface area contributed by atoms with E-state index in [1.54, 1.807) is 32.0 Å². The molecule has 2 nitrogen and oxygen atoms in total. The summed E-state index contributed by atoms with van der Waals surface area (Å²) in [6, 6.07) is 10.7. The van der Waals surface area contributed by atoms with Gasteiger partial charge in [-0.2, -0.15) is 0 Å². The number of rotatable bonds is 4. The van der Waals surface area contributed by atoms with Gasteiger partial charge in [0.1, 0.15) is 18.2 Å². The van der Waals surface area contributed by atoms with Crippen LogP contribution in [0, 0.1) is 19.7 Å². The van der Waals surface area contributed by atoms with E-state index in [1.165, 1.54) is 6.92 Å². The first-order chi connectivity index (χ1) is 9.50. The standard InChI is InChI=1S/C17H17FO2/c1-11-8-9-16(12(2)17(11)18)20-10-14-6-4-5-7-15(14)13(3)19/h4-9H,10H2,1-3H3. The summed E-state index contributed by atoms with van der Waals surface area (Å²) >= 11 is 0. The quantitative estimate of drug-likeness (QED) is 0.779.